The zero-order valence-electron chi connectivity index (χ0n) is 10.6. The third-order valence-electron chi connectivity index (χ3n) is 2.56. The SMILES string of the molecule is COc1ccc(/C=C\C(=O)c2ccc([N+](=O)[O-])cc2)s1. The lowest BCUT2D eigenvalue weighted by molar-refractivity contribution is -0.384. The molecule has 0 N–H and O–H groups in total. The minimum Gasteiger partial charge on any atom is -0.487 e. The number of benzene rings is 1. The molecule has 0 saturated carbocycles. The zero-order valence-corrected chi connectivity index (χ0v) is 11.4. The number of hydrogen-bond donors (Lipinski definition) is 0. The molecule has 6 heteroatoms. The van der Waals surface area contributed by atoms with Crippen LogP contribution in [0.15, 0.2) is 42.5 Å². The van der Waals surface area contributed by atoms with Gasteiger partial charge in [-0.15, -0.1) is 0 Å². The number of carbonyl (C=O) groups is 1. The molecule has 0 aliphatic carbocycles. The van der Waals surface area contributed by atoms with Gasteiger partial charge in [-0.3, -0.25) is 14.9 Å². The Morgan fingerprint density at radius 3 is 2.50 bits per heavy atom. The molecule has 2 rings (SSSR count). The van der Waals surface area contributed by atoms with Crippen LogP contribution in [0.2, 0.25) is 0 Å². The quantitative estimate of drug-likeness (QED) is 0.365. The second kappa shape index (κ2) is 6.12. The molecule has 1 heterocycles. The summed E-state index contributed by atoms with van der Waals surface area (Å²) in [5.41, 5.74) is 0.379. The van der Waals surface area contributed by atoms with E-state index in [9.17, 15) is 14.9 Å². The summed E-state index contributed by atoms with van der Waals surface area (Å²) in [6.07, 6.45) is 3.13. The molecule has 0 spiro atoms. The zero-order chi connectivity index (χ0) is 14.5. The molecule has 0 aliphatic rings. The number of rotatable bonds is 5. The van der Waals surface area contributed by atoms with Gasteiger partial charge in [0.1, 0.15) is 0 Å². The summed E-state index contributed by atoms with van der Waals surface area (Å²) in [6.45, 7) is 0. The average molecular weight is 289 g/mol. The van der Waals surface area contributed by atoms with E-state index in [2.05, 4.69) is 0 Å². The third kappa shape index (κ3) is 3.30. The van der Waals surface area contributed by atoms with E-state index in [1.165, 1.54) is 41.7 Å². The van der Waals surface area contributed by atoms with Crippen LogP contribution in [0.4, 0.5) is 5.69 Å². The van der Waals surface area contributed by atoms with E-state index in [0.717, 1.165) is 9.94 Å². The smallest absolute Gasteiger partial charge is 0.269 e. The van der Waals surface area contributed by atoms with E-state index in [0.29, 0.717) is 5.56 Å². The lowest BCUT2D eigenvalue weighted by Gasteiger charge is -1.95. The Labute approximate surface area is 119 Å². The maximum atomic E-state index is 11.9. The van der Waals surface area contributed by atoms with Crippen LogP contribution >= 0.6 is 11.3 Å². The van der Waals surface area contributed by atoms with E-state index >= 15 is 0 Å². The second-order valence-corrected chi connectivity index (χ2v) is 4.94. The molecule has 0 amide bonds. The van der Waals surface area contributed by atoms with Crippen LogP contribution < -0.4 is 4.74 Å². The van der Waals surface area contributed by atoms with Crippen molar-refractivity contribution in [3.05, 3.63) is 63.0 Å². The van der Waals surface area contributed by atoms with E-state index in [4.69, 9.17) is 4.74 Å². The minimum absolute atomic E-state index is 0.0338. The van der Waals surface area contributed by atoms with Crippen molar-refractivity contribution in [2.75, 3.05) is 7.11 Å². The molecule has 102 valence electrons. The van der Waals surface area contributed by atoms with Gasteiger partial charge in [0, 0.05) is 22.6 Å². The number of hydrogen-bond acceptors (Lipinski definition) is 5. The Kier molecular flexibility index (Phi) is 4.27. The molecule has 1 aromatic heterocycles. The molecule has 0 radical (unpaired) electrons. The molecule has 0 fully saturated rings. The molecule has 1 aromatic carbocycles. The molecule has 0 unspecified atom stereocenters. The topological polar surface area (TPSA) is 69.4 Å². The van der Waals surface area contributed by atoms with Crippen molar-refractivity contribution < 1.29 is 14.5 Å². The number of nitrogens with zero attached hydrogens (tertiary/aromatic N) is 1. The molecule has 5 nitrogen and oxygen atoms in total. The molecule has 20 heavy (non-hydrogen) atoms. The first kappa shape index (κ1) is 14.0. The number of nitro groups is 1. The fraction of sp³-hybridized carbons (Fsp3) is 0.0714. The highest BCUT2D eigenvalue weighted by Gasteiger charge is 2.07. The molecule has 0 atom stereocenters. The van der Waals surface area contributed by atoms with Crippen molar-refractivity contribution in [2.45, 2.75) is 0 Å². The summed E-state index contributed by atoms with van der Waals surface area (Å²) < 4.78 is 5.06. The van der Waals surface area contributed by atoms with Gasteiger partial charge in [0.15, 0.2) is 10.8 Å². The maximum absolute atomic E-state index is 11.9. The second-order valence-electron chi connectivity index (χ2n) is 3.86. The monoisotopic (exact) mass is 289 g/mol. The molecule has 2 aromatic rings. The summed E-state index contributed by atoms with van der Waals surface area (Å²) in [5.74, 6) is -0.202. The predicted octanol–water partition coefficient (Wildman–Crippen LogP) is 3.56. The first-order valence-corrected chi connectivity index (χ1v) is 6.52. The summed E-state index contributed by atoms with van der Waals surface area (Å²) in [6, 6.07) is 9.19. The van der Waals surface area contributed by atoms with Crippen LogP contribution in [0.3, 0.4) is 0 Å². The van der Waals surface area contributed by atoms with Crippen molar-refractivity contribution >= 4 is 28.9 Å². The number of methoxy groups -OCH3 is 1. The van der Waals surface area contributed by atoms with Gasteiger partial charge in [-0.1, -0.05) is 11.3 Å². The summed E-state index contributed by atoms with van der Waals surface area (Å²) in [7, 11) is 1.58. The molecule has 0 saturated heterocycles. The number of ketones is 1. The fourth-order valence-electron chi connectivity index (χ4n) is 1.54. The Hall–Kier alpha value is -2.47. The maximum Gasteiger partial charge on any atom is 0.269 e. The van der Waals surface area contributed by atoms with E-state index in [-0.39, 0.29) is 11.5 Å². The standard InChI is InChI=1S/C14H11NO4S/c1-19-14-9-7-12(20-14)6-8-13(16)10-2-4-11(5-3-10)15(17)18/h2-9H,1H3/b8-6-. The number of thiophene rings is 1. The lowest BCUT2D eigenvalue weighted by atomic mass is 10.1. The number of nitro benzene ring substituents is 1. The third-order valence-corrected chi connectivity index (χ3v) is 3.58. The van der Waals surface area contributed by atoms with Crippen molar-refractivity contribution in [3.8, 4) is 5.06 Å². The minimum atomic E-state index is -0.498. The van der Waals surface area contributed by atoms with Gasteiger partial charge in [-0.05, 0) is 36.4 Å². The Morgan fingerprint density at radius 2 is 1.95 bits per heavy atom. The van der Waals surface area contributed by atoms with E-state index in [1.54, 1.807) is 13.2 Å². The summed E-state index contributed by atoms with van der Waals surface area (Å²) in [5, 5.41) is 11.3. The Morgan fingerprint density at radius 1 is 1.25 bits per heavy atom. The highest BCUT2D eigenvalue weighted by Crippen LogP contribution is 2.25. The molecular formula is C14H11NO4S. The van der Waals surface area contributed by atoms with Gasteiger partial charge in [0.25, 0.3) is 5.69 Å². The van der Waals surface area contributed by atoms with Crippen LogP contribution in [0.25, 0.3) is 6.08 Å². The van der Waals surface area contributed by atoms with Crippen molar-refractivity contribution in [3.63, 3.8) is 0 Å². The predicted molar refractivity (Wildman–Crippen MR) is 77.3 cm³/mol. The highest BCUT2D eigenvalue weighted by atomic mass is 32.1. The lowest BCUT2D eigenvalue weighted by Crippen LogP contribution is -1.94. The first-order chi connectivity index (χ1) is 9.60. The van der Waals surface area contributed by atoms with Crippen LogP contribution in [0.5, 0.6) is 5.06 Å². The molecular weight excluding hydrogens is 278 g/mol. The number of allylic oxidation sites excluding steroid dienone is 1. The van der Waals surface area contributed by atoms with Gasteiger partial charge in [-0.2, -0.15) is 0 Å². The van der Waals surface area contributed by atoms with Crippen molar-refractivity contribution in [1.29, 1.82) is 0 Å². The number of ether oxygens (including phenoxy) is 1. The van der Waals surface area contributed by atoms with Gasteiger partial charge in [0.2, 0.25) is 0 Å². The fourth-order valence-corrected chi connectivity index (χ4v) is 2.26. The van der Waals surface area contributed by atoms with Crippen LogP contribution in [-0.4, -0.2) is 17.8 Å². The largest absolute Gasteiger partial charge is 0.487 e. The number of carbonyl (C=O) groups excluding carboxylic acids is 1. The summed E-state index contributed by atoms with van der Waals surface area (Å²) >= 11 is 1.43. The van der Waals surface area contributed by atoms with Crippen LogP contribution in [-0.2, 0) is 0 Å². The van der Waals surface area contributed by atoms with E-state index < -0.39 is 4.92 Å². The normalized spacial score (nSPS) is 10.7. The molecule has 0 bridgehead atoms. The Bertz CT molecular complexity index is 658. The Balaban J connectivity index is 2.09. The van der Waals surface area contributed by atoms with Gasteiger partial charge in [0.05, 0.1) is 12.0 Å². The van der Waals surface area contributed by atoms with Gasteiger partial charge in [-0.25, -0.2) is 0 Å². The van der Waals surface area contributed by atoms with Crippen LogP contribution in [0.1, 0.15) is 15.2 Å². The summed E-state index contributed by atoms with van der Waals surface area (Å²) in [4.78, 5) is 22.8. The van der Waals surface area contributed by atoms with Gasteiger partial charge < -0.3 is 4.74 Å². The average Bonchev–Trinajstić information content (AvgIpc) is 2.93. The van der Waals surface area contributed by atoms with E-state index in [1.807, 2.05) is 12.1 Å². The van der Waals surface area contributed by atoms with Gasteiger partial charge >= 0.3 is 0 Å². The van der Waals surface area contributed by atoms with Crippen molar-refractivity contribution in [2.24, 2.45) is 0 Å². The number of non-ortho nitro benzene ring substituents is 1. The highest BCUT2D eigenvalue weighted by molar-refractivity contribution is 7.14. The first-order valence-electron chi connectivity index (χ1n) is 5.71. The van der Waals surface area contributed by atoms with Crippen LogP contribution in [0, 0.1) is 10.1 Å². The van der Waals surface area contributed by atoms with Crippen molar-refractivity contribution in [1.82, 2.24) is 0 Å². The molecule has 0 aliphatic heterocycles.